The normalized spacial score (nSPS) is 19.0. The molecule has 1 unspecified atom stereocenters. The molecule has 2 rings (SSSR count). The van der Waals surface area contributed by atoms with E-state index in [1.165, 1.54) is 0 Å². The van der Waals surface area contributed by atoms with Crippen LogP contribution in [0.1, 0.15) is 6.42 Å². The first-order valence-corrected chi connectivity index (χ1v) is 5.42. The molecule has 92 valence electrons. The monoisotopic (exact) mass is 238 g/mol. The lowest BCUT2D eigenvalue weighted by Crippen LogP contribution is -2.16. The van der Waals surface area contributed by atoms with Gasteiger partial charge in [0, 0.05) is 13.5 Å². The Labute approximate surface area is 98.7 Å². The van der Waals surface area contributed by atoms with Crippen molar-refractivity contribution in [3.8, 4) is 5.75 Å². The first kappa shape index (κ1) is 11.7. The van der Waals surface area contributed by atoms with Gasteiger partial charge in [-0.1, -0.05) is 6.07 Å². The molecule has 0 aromatic heterocycles. The molecule has 1 saturated heterocycles. The van der Waals surface area contributed by atoms with Crippen molar-refractivity contribution in [2.75, 3.05) is 25.6 Å². The van der Waals surface area contributed by atoms with Crippen LogP contribution in [0.3, 0.4) is 0 Å². The summed E-state index contributed by atoms with van der Waals surface area (Å²) < 4.78 is 10.8. The van der Waals surface area contributed by atoms with Gasteiger partial charge in [-0.15, -0.1) is 0 Å². The number of nitrogens with one attached hydrogen (secondary N) is 1. The van der Waals surface area contributed by atoms with Crippen LogP contribution in [-0.2, 0) is 4.74 Å². The second-order valence-electron chi connectivity index (χ2n) is 3.76. The summed E-state index contributed by atoms with van der Waals surface area (Å²) in [5.41, 5.74) is 0.424. The Balaban J connectivity index is 2.28. The van der Waals surface area contributed by atoms with Crippen LogP contribution < -0.4 is 10.1 Å². The number of benzene rings is 1. The van der Waals surface area contributed by atoms with Crippen LogP contribution in [-0.4, -0.2) is 31.3 Å². The topological polar surface area (TPSA) is 73.6 Å². The van der Waals surface area contributed by atoms with E-state index in [1.54, 1.807) is 25.2 Å². The number of nitro groups is 1. The van der Waals surface area contributed by atoms with Crippen molar-refractivity contribution in [1.82, 2.24) is 0 Å². The molecule has 1 aromatic rings. The molecule has 1 atom stereocenters. The van der Waals surface area contributed by atoms with Crippen LogP contribution in [0.25, 0.3) is 0 Å². The fourth-order valence-corrected chi connectivity index (χ4v) is 1.79. The van der Waals surface area contributed by atoms with Crippen molar-refractivity contribution in [2.24, 2.45) is 0 Å². The van der Waals surface area contributed by atoms with Crippen LogP contribution in [0, 0.1) is 10.1 Å². The molecule has 0 amide bonds. The second kappa shape index (κ2) is 5.01. The summed E-state index contributed by atoms with van der Waals surface area (Å²) in [6.45, 7) is 1.13. The van der Waals surface area contributed by atoms with Gasteiger partial charge >= 0.3 is 5.69 Å². The molecule has 1 heterocycles. The highest BCUT2D eigenvalue weighted by Gasteiger charge is 2.24. The largest absolute Gasteiger partial charge is 0.481 e. The Morgan fingerprint density at radius 3 is 3.00 bits per heavy atom. The summed E-state index contributed by atoms with van der Waals surface area (Å²) in [5.74, 6) is 0.289. The van der Waals surface area contributed by atoms with Crippen LogP contribution >= 0.6 is 0 Å². The Hall–Kier alpha value is -1.82. The molecule has 0 bridgehead atoms. The SMILES string of the molecule is CNc1cccc(OC2CCOC2)c1[N+](=O)[O-]. The molecule has 0 radical (unpaired) electrons. The minimum absolute atomic E-state index is 0.0260. The highest BCUT2D eigenvalue weighted by Crippen LogP contribution is 2.35. The highest BCUT2D eigenvalue weighted by atomic mass is 16.6. The number of nitrogens with zero attached hydrogens (tertiary/aromatic N) is 1. The molecule has 0 aliphatic carbocycles. The number of rotatable bonds is 4. The number of hydrogen-bond acceptors (Lipinski definition) is 5. The molecule has 6 heteroatoms. The second-order valence-corrected chi connectivity index (χ2v) is 3.76. The average Bonchev–Trinajstić information content (AvgIpc) is 2.81. The van der Waals surface area contributed by atoms with Crippen molar-refractivity contribution >= 4 is 11.4 Å². The lowest BCUT2D eigenvalue weighted by Gasteiger charge is -2.13. The molecule has 1 N–H and O–H groups in total. The van der Waals surface area contributed by atoms with Crippen molar-refractivity contribution in [3.05, 3.63) is 28.3 Å². The summed E-state index contributed by atoms with van der Waals surface area (Å²) in [6.07, 6.45) is 0.668. The molecule has 17 heavy (non-hydrogen) atoms. The van der Waals surface area contributed by atoms with Crippen molar-refractivity contribution < 1.29 is 14.4 Å². The third-order valence-electron chi connectivity index (χ3n) is 2.63. The van der Waals surface area contributed by atoms with Gasteiger partial charge in [0.15, 0.2) is 5.75 Å². The van der Waals surface area contributed by atoms with Gasteiger partial charge in [0.2, 0.25) is 0 Å². The molecular weight excluding hydrogens is 224 g/mol. The molecule has 1 fully saturated rings. The minimum atomic E-state index is -0.434. The molecule has 1 aromatic carbocycles. The van der Waals surface area contributed by atoms with Gasteiger partial charge in [-0.3, -0.25) is 10.1 Å². The quantitative estimate of drug-likeness (QED) is 0.639. The smallest absolute Gasteiger partial charge is 0.333 e. The first-order chi connectivity index (χ1) is 8.22. The van der Waals surface area contributed by atoms with Crippen LogP contribution in [0.4, 0.5) is 11.4 Å². The summed E-state index contributed by atoms with van der Waals surface area (Å²) in [4.78, 5) is 10.6. The van der Waals surface area contributed by atoms with Gasteiger partial charge < -0.3 is 14.8 Å². The molecule has 0 saturated carbocycles. The Kier molecular flexibility index (Phi) is 3.43. The van der Waals surface area contributed by atoms with E-state index in [1.807, 2.05) is 0 Å². The Morgan fingerprint density at radius 2 is 2.41 bits per heavy atom. The maximum Gasteiger partial charge on any atom is 0.333 e. The van der Waals surface area contributed by atoms with Crippen molar-refractivity contribution in [1.29, 1.82) is 0 Å². The van der Waals surface area contributed by atoms with Crippen LogP contribution in [0.15, 0.2) is 18.2 Å². The van der Waals surface area contributed by atoms with E-state index in [-0.39, 0.29) is 17.5 Å². The Morgan fingerprint density at radius 1 is 1.59 bits per heavy atom. The van der Waals surface area contributed by atoms with E-state index in [0.717, 1.165) is 6.42 Å². The summed E-state index contributed by atoms with van der Waals surface area (Å²) in [5, 5.41) is 13.8. The number of ether oxygens (including phenoxy) is 2. The molecule has 6 nitrogen and oxygen atoms in total. The zero-order valence-electron chi connectivity index (χ0n) is 9.51. The predicted octanol–water partition coefficient (Wildman–Crippen LogP) is 1.80. The van der Waals surface area contributed by atoms with Crippen molar-refractivity contribution in [2.45, 2.75) is 12.5 Å². The van der Waals surface area contributed by atoms with Crippen LogP contribution in [0.2, 0.25) is 0 Å². The average molecular weight is 238 g/mol. The number of nitro benzene ring substituents is 1. The van der Waals surface area contributed by atoms with E-state index in [4.69, 9.17) is 9.47 Å². The zero-order chi connectivity index (χ0) is 12.3. The van der Waals surface area contributed by atoms with Gasteiger partial charge in [-0.05, 0) is 12.1 Å². The lowest BCUT2D eigenvalue weighted by molar-refractivity contribution is -0.385. The van der Waals surface area contributed by atoms with Gasteiger partial charge in [0.1, 0.15) is 11.8 Å². The summed E-state index contributed by atoms with van der Waals surface area (Å²) in [6, 6.07) is 4.98. The maximum absolute atomic E-state index is 11.0. The zero-order valence-corrected chi connectivity index (χ0v) is 9.51. The predicted molar refractivity (Wildman–Crippen MR) is 62.5 cm³/mol. The minimum Gasteiger partial charge on any atom is -0.481 e. The lowest BCUT2D eigenvalue weighted by atomic mass is 10.2. The van der Waals surface area contributed by atoms with Gasteiger partial charge in [0.05, 0.1) is 18.1 Å². The Bertz CT molecular complexity index is 416. The highest BCUT2D eigenvalue weighted by molar-refractivity contribution is 5.68. The van der Waals surface area contributed by atoms with Crippen LogP contribution in [0.5, 0.6) is 5.75 Å². The number of hydrogen-bond donors (Lipinski definition) is 1. The third-order valence-corrected chi connectivity index (χ3v) is 2.63. The molecule has 1 aliphatic rings. The number of anilines is 1. The van der Waals surface area contributed by atoms with Gasteiger partial charge in [0.25, 0.3) is 0 Å². The number of para-hydroxylation sites is 1. The van der Waals surface area contributed by atoms with E-state index in [2.05, 4.69) is 5.32 Å². The fourth-order valence-electron chi connectivity index (χ4n) is 1.79. The molecular formula is C11H14N2O4. The molecule has 0 spiro atoms. The first-order valence-electron chi connectivity index (χ1n) is 5.42. The summed E-state index contributed by atoms with van der Waals surface area (Å²) in [7, 11) is 1.64. The van der Waals surface area contributed by atoms with E-state index < -0.39 is 4.92 Å². The molecule has 1 aliphatic heterocycles. The van der Waals surface area contributed by atoms with E-state index in [0.29, 0.717) is 18.9 Å². The van der Waals surface area contributed by atoms with E-state index in [9.17, 15) is 10.1 Å². The third kappa shape index (κ3) is 2.47. The van der Waals surface area contributed by atoms with Gasteiger partial charge in [-0.25, -0.2) is 0 Å². The summed E-state index contributed by atoms with van der Waals surface area (Å²) >= 11 is 0. The maximum atomic E-state index is 11.0. The standard InChI is InChI=1S/C11H14N2O4/c1-12-9-3-2-4-10(11(9)13(14)15)17-8-5-6-16-7-8/h2-4,8,12H,5-7H2,1H3. The van der Waals surface area contributed by atoms with Crippen molar-refractivity contribution in [3.63, 3.8) is 0 Å². The van der Waals surface area contributed by atoms with Gasteiger partial charge in [-0.2, -0.15) is 0 Å². The fraction of sp³-hybridized carbons (Fsp3) is 0.455. The van der Waals surface area contributed by atoms with E-state index >= 15 is 0 Å².